The Morgan fingerprint density at radius 2 is 1.79 bits per heavy atom. The number of hydrogen-bond donors (Lipinski definition) is 6. The molecule has 0 saturated heterocycles. The lowest BCUT2D eigenvalue weighted by Gasteiger charge is -2.20. The van der Waals surface area contributed by atoms with Crippen LogP contribution in [0.1, 0.15) is 52.9 Å². The predicted molar refractivity (Wildman–Crippen MR) is 150 cm³/mol. The number of nitrogens with two attached hydrogens (primary N) is 1. The first-order chi connectivity index (χ1) is 18.6. The molecule has 206 valence electrons. The summed E-state index contributed by atoms with van der Waals surface area (Å²) in [6.45, 7) is 3.77. The highest BCUT2D eigenvalue weighted by atomic mass is 16.5. The molecule has 0 aliphatic carbocycles. The summed E-state index contributed by atoms with van der Waals surface area (Å²) in [6.07, 6.45) is -0.00158. The molecule has 1 amide bonds. The van der Waals surface area contributed by atoms with Gasteiger partial charge in [0.2, 0.25) is 0 Å². The van der Waals surface area contributed by atoms with Crippen molar-refractivity contribution in [1.29, 1.82) is 5.41 Å². The minimum absolute atomic E-state index is 0.0653. The van der Waals surface area contributed by atoms with Crippen LogP contribution in [0.2, 0.25) is 0 Å². The van der Waals surface area contributed by atoms with E-state index in [9.17, 15) is 19.8 Å². The van der Waals surface area contributed by atoms with Gasteiger partial charge >= 0.3 is 5.97 Å². The molecule has 0 atom stereocenters. The van der Waals surface area contributed by atoms with Crippen LogP contribution in [-0.2, 0) is 24.4 Å². The molecule has 0 fully saturated rings. The molecule has 10 heteroatoms. The number of carboxylic acid groups (broad SMARTS) is 1. The van der Waals surface area contributed by atoms with Crippen LogP contribution in [0.15, 0.2) is 54.6 Å². The minimum Gasteiger partial charge on any atom is -0.497 e. The van der Waals surface area contributed by atoms with Crippen LogP contribution >= 0.6 is 0 Å². The Kier molecular flexibility index (Phi) is 9.88. The van der Waals surface area contributed by atoms with Gasteiger partial charge in [-0.2, -0.15) is 0 Å². The number of aliphatic hydroxyl groups is 1. The fraction of sp³-hybridized carbons (Fsp3) is 0.276. The van der Waals surface area contributed by atoms with Gasteiger partial charge in [-0.25, -0.2) is 0 Å². The number of hydrogen-bond acceptors (Lipinski definition) is 7. The molecule has 0 heterocycles. The van der Waals surface area contributed by atoms with Gasteiger partial charge in [-0.3, -0.25) is 15.0 Å². The Labute approximate surface area is 227 Å². The van der Waals surface area contributed by atoms with Crippen molar-refractivity contribution in [2.45, 2.75) is 45.9 Å². The van der Waals surface area contributed by atoms with Gasteiger partial charge in [-0.1, -0.05) is 6.07 Å². The van der Waals surface area contributed by atoms with Crippen LogP contribution in [0.3, 0.4) is 0 Å². The van der Waals surface area contributed by atoms with E-state index in [0.29, 0.717) is 39.6 Å². The number of nitrogens with one attached hydrogen (secondary N) is 3. The number of aliphatic hydroxyl groups excluding tert-OH is 1. The van der Waals surface area contributed by atoms with Crippen LogP contribution < -0.4 is 25.8 Å². The number of carboxylic acids is 1. The molecule has 0 saturated carbocycles. The second-order valence-corrected chi connectivity index (χ2v) is 9.16. The van der Waals surface area contributed by atoms with E-state index in [-0.39, 0.29) is 43.8 Å². The van der Waals surface area contributed by atoms with Gasteiger partial charge in [0.05, 0.1) is 31.1 Å². The Morgan fingerprint density at radius 1 is 1.08 bits per heavy atom. The number of anilines is 2. The van der Waals surface area contributed by atoms with Gasteiger partial charge in [0.1, 0.15) is 17.3 Å². The molecule has 0 aliphatic rings. The molecule has 0 aliphatic heterocycles. The van der Waals surface area contributed by atoms with Crippen molar-refractivity contribution >= 4 is 29.1 Å². The van der Waals surface area contributed by atoms with Crippen molar-refractivity contribution < 1.29 is 29.3 Å². The molecule has 3 aromatic rings. The molecular formula is C29H34N4O6. The number of ether oxygens (including phenoxy) is 2. The summed E-state index contributed by atoms with van der Waals surface area (Å²) in [5, 5.41) is 32.8. The third-order valence-corrected chi connectivity index (χ3v) is 5.89. The first kappa shape index (κ1) is 29.0. The number of rotatable bonds is 13. The van der Waals surface area contributed by atoms with Crippen molar-refractivity contribution in [2.24, 2.45) is 5.73 Å². The SMILES string of the molecule is COc1ccc(C(=O)Nc2ccc(C(=N)N)cc2)c(NCc2cc(CO)cc(OC(C)C)c2CCC(=O)O)c1. The lowest BCUT2D eigenvalue weighted by molar-refractivity contribution is -0.136. The van der Waals surface area contributed by atoms with Gasteiger partial charge in [-0.15, -0.1) is 0 Å². The summed E-state index contributed by atoms with van der Waals surface area (Å²) in [6, 6.07) is 15.2. The van der Waals surface area contributed by atoms with Crippen LogP contribution in [0.4, 0.5) is 11.4 Å². The lowest BCUT2D eigenvalue weighted by atomic mass is 9.98. The number of methoxy groups -OCH3 is 1. The van der Waals surface area contributed by atoms with E-state index in [1.807, 2.05) is 13.8 Å². The predicted octanol–water partition coefficient (Wildman–Crippen LogP) is 4.14. The number of amides is 1. The Hall–Kier alpha value is -4.57. The zero-order valence-electron chi connectivity index (χ0n) is 22.2. The smallest absolute Gasteiger partial charge is 0.303 e. The second-order valence-electron chi connectivity index (χ2n) is 9.16. The zero-order chi connectivity index (χ0) is 28.5. The molecule has 10 nitrogen and oxygen atoms in total. The molecule has 0 aromatic heterocycles. The molecule has 7 N–H and O–H groups in total. The van der Waals surface area contributed by atoms with E-state index in [2.05, 4.69) is 10.6 Å². The summed E-state index contributed by atoms with van der Waals surface area (Å²) < 4.78 is 11.3. The van der Waals surface area contributed by atoms with E-state index in [1.165, 1.54) is 7.11 Å². The standard InChI is InChI=1S/C29H34N4O6/c1-17(2)39-26-13-18(16-34)12-20(23(26)10-11-27(35)36)15-32-25-14-22(38-3)8-9-24(25)29(37)33-21-6-4-19(5-7-21)28(30)31/h4-9,12-14,17,32,34H,10-11,15-16H2,1-3H3,(H3,30,31)(H,33,37)(H,35,36). The van der Waals surface area contributed by atoms with Crippen molar-refractivity contribution in [3.8, 4) is 11.5 Å². The summed E-state index contributed by atoms with van der Waals surface area (Å²) in [5.41, 5.74) is 9.53. The van der Waals surface area contributed by atoms with E-state index in [4.69, 9.17) is 20.6 Å². The Bertz CT molecular complexity index is 1340. The van der Waals surface area contributed by atoms with Gasteiger partial charge < -0.3 is 36.1 Å². The molecule has 39 heavy (non-hydrogen) atoms. The average Bonchev–Trinajstić information content (AvgIpc) is 2.90. The molecule has 3 aromatic carbocycles. The second kappa shape index (κ2) is 13.3. The highest BCUT2D eigenvalue weighted by Crippen LogP contribution is 2.30. The highest BCUT2D eigenvalue weighted by molar-refractivity contribution is 6.08. The molecule has 3 rings (SSSR count). The number of aliphatic carboxylic acids is 1. The first-order valence-corrected chi connectivity index (χ1v) is 12.4. The Balaban J connectivity index is 1.93. The molecule has 0 radical (unpaired) electrons. The average molecular weight is 535 g/mol. The van der Waals surface area contributed by atoms with Crippen LogP contribution in [0, 0.1) is 5.41 Å². The van der Waals surface area contributed by atoms with Crippen molar-refractivity contribution in [1.82, 2.24) is 0 Å². The molecular weight excluding hydrogens is 500 g/mol. The number of carbonyl (C=O) groups is 2. The van der Waals surface area contributed by atoms with E-state index in [0.717, 1.165) is 11.1 Å². The largest absolute Gasteiger partial charge is 0.497 e. The number of benzene rings is 3. The van der Waals surface area contributed by atoms with E-state index < -0.39 is 5.97 Å². The fourth-order valence-electron chi connectivity index (χ4n) is 4.01. The molecule has 0 unspecified atom stereocenters. The lowest BCUT2D eigenvalue weighted by Crippen LogP contribution is -2.16. The summed E-state index contributed by atoms with van der Waals surface area (Å²) in [4.78, 5) is 24.5. The zero-order valence-corrected chi connectivity index (χ0v) is 22.2. The van der Waals surface area contributed by atoms with Gasteiger partial charge in [-0.05, 0) is 79.4 Å². The van der Waals surface area contributed by atoms with Crippen LogP contribution in [0.5, 0.6) is 11.5 Å². The van der Waals surface area contributed by atoms with Gasteiger partial charge in [0, 0.05) is 30.3 Å². The van der Waals surface area contributed by atoms with Crippen LogP contribution in [0.25, 0.3) is 0 Å². The molecule has 0 spiro atoms. The summed E-state index contributed by atoms with van der Waals surface area (Å²) >= 11 is 0. The van der Waals surface area contributed by atoms with Crippen molar-refractivity contribution in [3.63, 3.8) is 0 Å². The van der Waals surface area contributed by atoms with Gasteiger partial charge in [0.25, 0.3) is 5.91 Å². The topological polar surface area (TPSA) is 167 Å². The van der Waals surface area contributed by atoms with E-state index in [1.54, 1.807) is 54.6 Å². The van der Waals surface area contributed by atoms with Crippen LogP contribution in [-0.4, -0.2) is 41.1 Å². The third kappa shape index (κ3) is 7.96. The van der Waals surface area contributed by atoms with E-state index >= 15 is 0 Å². The monoisotopic (exact) mass is 534 g/mol. The third-order valence-electron chi connectivity index (χ3n) is 5.89. The van der Waals surface area contributed by atoms with Crippen molar-refractivity contribution in [2.75, 3.05) is 17.7 Å². The minimum atomic E-state index is -0.932. The van der Waals surface area contributed by atoms with Crippen molar-refractivity contribution in [3.05, 3.63) is 82.4 Å². The number of carbonyl (C=O) groups excluding carboxylic acids is 1. The highest BCUT2D eigenvalue weighted by Gasteiger charge is 2.17. The summed E-state index contributed by atoms with van der Waals surface area (Å²) in [5.74, 6) is -0.302. The fourth-order valence-corrected chi connectivity index (χ4v) is 4.01. The van der Waals surface area contributed by atoms with Gasteiger partial charge in [0.15, 0.2) is 0 Å². The normalized spacial score (nSPS) is 10.7. The quantitative estimate of drug-likeness (QED) is 0.141. The molecule has 0 bridgehead atoms. The number of amidine groups is 1. The maximum Gasteiger partial charge on any atom is 0.303 e. The summed E-state index contributed by atoms with van der Waals surface area (Å²) in [7, 11) is 1.53. The first-order valence-electron chi connectivity index (χ1n) is 12.4. The Morgan fingerprint density at radius 3 is 2.38 bits per heavy atom. The maximum atomic E-state index is 13.2. The number of nitrogen functional groups attached to an aromatic ring is 1. The maximum absolute atomic E-state index is 13.2.